The maximum absolute atomic E-state index is 12.5. The average molecular weight is 340 g/mol. The van der Waals surface area contributed by atoms with Crippen molar-refractivity contribution in [1.29, 1.82) is 0 Å². The highest BCUT2D eigenvalue weighted by atomic mass is 16.3. The van der Waals surface area contributed by atoms with Gasteiger partial charge in [-0.2, -0.15) is 5.10 Å². The van der Waals surface area contributed by atoms with Crippen molar-refractivity contribution in [1.82, 2.24) is 29.6 Å². The number of carbonyl (C=O) groups is 1. The second-order valence-corrected chi connectivity index (χ2v) is 6.64. The maximum Gasteiger partial charge on any atom is 0.253 e. The number of carbonyl (C=O) groups excluding carboxylic acids is 1. The molecule has 0 spiro atoms. The Bertz CT molecular complexity index is 888. The molecule has 1 amide bonds. The van der Waals surface area contributed by atoms with Crippen LogP contribution in [0.4, 0.5) is 0 Å². The van der Waals surface area contributed by atoms with Crippen molar-refractivity contribution < 1.29 is 9.90 Å². The highest BCUT2D eigenvalue weighted by molar-refractivity contribution is 5.96. The van der Waals surface area contributed by atoms with Gasteiger partial charge in [0.15, 0.2) is 0 Å². The first-order valence-corrected chi connectivity index (χ1v) is 8.32. The number of fused-ring (bicyclic) bond motifs is 1. The van der Waals surface area contributed by atoms with Crippen molar-refractivity contribution in [3.8, 4) is 0 Å². The fraction of sp³-hybridized carbons (Fsp3) is 0.412. The summed E-state index contributed by atoms with van der Waals surface area (Å²) in [6.07, 6.45) is 9.51. The van der Waals surface area contributed by atoms with E-state index in [0.717, 1.165) is 24.0 Å². The summed E-state index contributed by atoms with van der Waals surface area (Å²) in [5.74, 6) is 0.0927. The van der Waals surface area contributed by atoms with Crippen LogP contribution in [0.1, 0.15) is 23.2 Å². The van der Waals surface area contributed by atoms with Crippen LogP contribution >= 0.6 is 0 Å². The van der Waals surface area contributed by atoms with Gasteiger partial charge in [-0.15, -0.1) is 0 Å². The normalized spacial score (nSPS) is 23.2. The van der Waals surface area contributed by atoms with E-state index in [1.54, 1.807) is 35.7 Å². The second kappa shape index (κ2) is 6.29. The third-order valence-electron chi connectivity index (χ3n) is 4.83. The van der Waals surface area contributed by atoms with Gasteiger partial charge in [0.2, 0.25) is 0 Å². The predicted octanol–water partition coefficient (Wildman–Crippen LogP) is 0.734. The molecule has 4 rings (SSSR count). The van der Waals surface area contributed by atoms with Crippen molar-refractivity contribution in [3.05, 3.63) is 42.7 Å². The molecule has 0 radical (unpaired) electrons. The van der Waals surface area contributed by atoms with E-state index in [1.165, 1.54) is 0 Å². The standard InChI is InChI=1S/C17H20N6O2/c1-22-15-6-12(7-19-14(15)8-20-22)17(25)21-13-4-11(5-16(13)24)9-23-3-2-18-10-23/h2-3,6-8,10-11,13,16,24H,4-5,9H2,1H3,(H,21,25)/t11?,13-,16-/m1/s1. The van der Waals surface area contributed by atoms with Crippen LogP contribution in [-0.4, -0.2) is 47.5 Å². The van der Waals surface area contributed by atoms with Crippen LogP contribution < -0.4 is 5.32 Å². The minimum atomic E-state index is -0.536. The number of amides is 1. The third kappa shape index (κ3) is 3.12. The Balaban J connectivity index is 1.43. The molecule has 25 heavy (non-hydrogen) atoms. The monoisotopic (exact) mass is 340 g/mol. The molecular weight excluding hydrogens is 320 g/mol. The summed E-state index contributed by atoms with van der Waals surface area (Å²) in [7, 11) is 1.81. The van der Waals surface area contributed by atoms with Crippen molar-refractivity contribution in [3.63, 3.8) is 0 Å². The highest BCUT2D eigenvalue weighted by Crippen LogP contribution is 2.28. The quantitative estimate of drug-likeness (QED) is 0.730. The molecule has 3 atom stereocenters. The Hall–Kier alpha value is -2.74. The molecule has 130 valence electrons. The molecule has 3 heterocycles. The summed E-state index contributed by atoms with van der Waals surface area (Å²) < 4.78 is 3.69. The molecule has 1 aliphatic rings. The number of pyridine rings is 1. The number of nitrogens with one attached hydrogen (secondary N) is 1. The van der Waals surface area contributed by atoms with E-state index >= 15 is 0 Å². The molecule has 0 aliphatic heterocycles. The van der Waals surface area contributed by atoms with Gasteiger partial charge in [0.25, 0.3) is 5.91 Å². The van der Waals surface area contributed by atoms with Gasteiger partial charge in [-0.3, -0.25) is 14.5 Å². The molecule has 8 nitrogen and oxygen atoms in total. The number of aliphatic hydroxyl groups is 1. The number of aromatic nitrogens is 5. The predicted molar refractivity (Wildman–Crippen MR) is 90.7 cm³/mol. The molecule has 0 aromatic carbocycles. The number of hydrogen-bond donors (Lipinski definition) is 2. The smallest absolute Gasteiger partial charge is 0.253 e. The summed E-state index contributed by atoms with van der Waals surface area (Å²) in [5, 5.41) is 17.4. The van der Waals surface area contributed by atoms with Crippen LogP contribution in [0.3, 0.4) is 0 Å². The zero-order valence-corrected chi connectivity index (χ0v) is 13.9. The summed E-state index contributed by atoms with van der Waals surface area (Å²) in [5.41, 5.74) is 2.03. The summed E-state index contributed by atoms with van der Waals surface area (Å²) in [4.78, 5) is 20.8. The van der Waals surface area contributed by atoms with Gasteiger partial charge in [0.1, 0.15) is 5.52 Å². The first-order chi connectivity index (χ1) is 12.1. The SMILES string of the molecule is Cn1ncc2ncc(C(=O)N[C@@H]3CC(Cn4ccnc4)C[C@H]3O)cc21. The molecule has 1 unspecified atom stereocenters. The number of hydrogen-bond acceptors (Lipinski definition) is 5. The van der Waals surface area contributed by atoms with Gasteiger partial charge in [0.05, 0.1) is 35.8 Å². The van der Waals surface area contributed by atoms with Crippen molar-refractivity contribution >= 4 is 16.9 Å². The first kappa shape index (κ1) is 15.8. The van der Waals surface area contributed by atoms with E-state index in [0.29, 0.717) is 17.9 Å². The Kier molecular flexibility index (Phi) is 3.96. The molecule has 1 aliphatic carbocycles. The molecule has 1 fully saturated rings. The van der Waals surface area contributed by atoms with Gasteiger partial charge in [-0.05, 0) is 24.8 Å². The van der Waals surface area contributed by atoms with Gasteiger partial charge in [-0.25, -0.2) is 4.98 Å². The molecule has 3 aromatic rings. The number of nitrogens with zero attached hydrogens (tertiary/aromatic N) is 5. The van der Waals surface area contributed by atoms with Crippen LogP contribution in [0.5, 0.6) is 0 Å². The fourth-order valence-corrected chi connectivity index (χ4v) is 3.52. The zero-order valence-electron chi connectivity index (χ0n) is 13.9. The van der Waals surface area contributed by atoms with Gasteiger partial charge in [0, 0.05) is 32.2 Å². The molecule has 3 aromatic heterocycles. The van der Waals surface area contributed by atoms with Crippen LogP contribution in [0, 0.1) is 5.92 Å². The van der Waals surface area contributed by atoms with E-state index in [2.05, 4.69) is 20.4 Å². The van der Waals surface area contributed by atoms with E-state index in [9.17, 15) is 9.90 Å². The van der Waals surface area contributed by atoms with Crippen LogP contribution in [0.25, 0.3) is 11.0 Å². The Morgan fingerprint density at radius 3 is 3.08 bits per heavy atom. The maximum atomic E-state index is 12.5. The van der Waals surface area contributed by atoms with Crippen LogP contribution in [-0.2, 0) is 13.6 Å². The first-order valence-electron chi connectivity index (χ1n) is 8.32. The Morgan fingerprint density at radius 1 is 1.40 bits per heavy atom. The van der Waals surface area contributed by atoms with Gasteiger partial charge in [-0.1, -0.05) is 0 Å². The topological polar surface area (TPSA) is 97.9 Å². The lowest BCUT2D eigenvalue weighted by atomic mass is 10.1. The number of aliphatic hydroxyl groups excluding tert-OH is 1. The van der Waals surface area contributed by atoms with E-state index < -0.39 is 6.10 Å². The fourth-order valence-electron chi connectivity index (χ4n) is 3.52. The van der Waals surface area contributed by atoms with Crippen molar-refractivity contribution in [2.24, 2.45) is 13.0 Å². The zero-order chi connectivity index (χ0) is 17.4. The molecule has 8 heteroatoms. The number of aryl methyl sites for hydroxylation is 1. The van der Waals surface area contributed by atoms with E-state index in [-0.39, 0.29) is 11.9 Å². The molecule has 0 bridgehead atoms. The second-order valence-electron chi connectivity index (χ2n) is 6.64. The lowest BCUT2D eigenvalue weighted by Crippen LogP contribution is -2.40. The number of imidazole rings is 1. The van der Waals surface area contributed by atoms with Gasteiger partial charge < -0.3 is 15.0 Å². The Labute approximate surface area is 144 Å². The highest BCUT2D eigenvalue weighted by Gasteiger charge is 2.34. The molecule has 1 saturated carbocycles. The summed E-state index contributed by atoms with van der Waals surface area (Å²) >= 11 is 0. The lowest BCUT2D eigenvalue weighted by molar-refractivity contribution is 0.0872. The van der Waals surface area contributed by atoms with E-state index in [4.69, 9.17) is 0 Å². The van der Waals surface area contributed by atoms with Crippen LogP contribution in [0.2, 0.25) is 0 Å². The lowest BCUT2D eigenvalue weighted by Gasteiger charge is -2.16. The van der Waals surface area contributed by atoms with Gasteiger partial charge >= 0.3 is 0 Å². The minimum Gasteiger partial charge on any atom is -0.391 e. The third-order valence-corrected chi connectivity index (χ3v) is 4.83. The Morgan fingerprint density at radius 2 is 2.28 bits per heavy atom. The molecule has 2 N–H and O–H groups in total. The molecular formula is C17H20N6O2. The average Bonchev–Trinajstić information content (AvgIpc) is 3.31. The number of rotatable bonds is 4. The minimum absolute atomic E-state index is 0.220. The van der Waals surface area contributed by atoms with Crippen molar-refractivity contribution in [2.75, 3.05) is 0 Å². The molecule has 0 saturated heterocycles. The largest absolute Gasteiger partial charge is 0.391 e. The summed E-state index contributed by atoms with van der Waals surface area (Å²) in [6.45, 7) is 0.798. The summed E-state index contributed by atoms with van der Waals surface area (Å²) in [6, 6.07) is 1.53. The van der Waals surface area contributed by atoms with E-state index in [1.807, 2.05) is 17.8 Å². The van der Waals surface area contributed by atoms with Crippen molar-refractivity contribution in [2.45, 2.75) is 31.5 Å². The van der Waals surface area contributed by atoms with Crippen LogP contribution in [0.15, 0.2) is 37.2 Å².